The molecule has 5 unspecified atom stereocenters. The van der Waals surface area contributed by atoms with E-state index >= 15 is 0 Å². The number of hydrogen-bond donors (Lipinski definition) is 0. The second kappa shape index (κ2) is 10.5. The Bertz CT molecular complexity index is 468. The van der Waals surface area contributed by atoms with E-state index in [1.54, 1.807) is 0 Å². The monoisotopic (exact) mass is 312 g/mol. The van der Waals surface area contributed by atoms with Gasteiger partial charge in [-0.05, 0) is 50.4 Å². The Balaban J connectivity index is 2.50. The van der Waals surface area contributed by atoms with Crippen molar-refractivity contribution in [2.45, 2.75) is 66.7 Å². The highest BCUT2D eigenvalue weighted by Gasteiger charge is 2.38. The molecule has 0 radical (unpaired) electrons. The molecule has 0 N–H and O–H groups in total. The van der Waals surface area contributed by atoms with Gasteiger partial charge in [0.25, 0.3) is 0 Å². The number of hydrogen-bond acceptors (Lipinski definition) is 0. The summed E-state index contributed by atoms with van der Waals surface area (Å²) >= 11 is 0. The average molecular weight is 313 g/mol. The molecule has 0 aliphatic heterocycles. The van der Waals surface area contributed by atoms with Crippen molar-refractivity contribution >= 4 is 0 Å². The van der Waals surface area contributed by atoms with Crippen LogP contribution in [0.1, 0.15) is 66.7 Å². The Labute approximate surface area is 145 Å². The summed E-state index contributed by atoms with van der Waals surface area (Å²) in [6.45, 7) is 15.2. The van der Waals surface area contributed by atoms with Gasteiger partial charge >= 0.3 is 0 Å². The molecule has 1 aliphatic rings. The highest BCUT2D eigenvalue weighted by atomic mass is 14.4. The molecule has 1 fully saturated rings. The van der Waals surface area contributed by atoms with E-state index in [0.717, 1.165) is 24.7 Å². The standard InChI is InChI=1S/C23H36/c1-7-12-18(5)13-11-14-22-17-23(22)19(6)15-16-21(10-4)20(8-2)9-3/h8,11,13-14,19-23H,2,7,9-10,12,17H2,1,3-6H3. The zero-order valence-corrected chi connectivity index (χ0v) is 15.9. The van der Waals surface area contributed by atoms with Crippen molar-refractivity contribution in [2.75, 3.05) is 0 Å². The largest absolute Gasteiger partial charge is 0.103 e. The second-order valence-corrected chi connectivity index (χ2v) is 7.11. The van der Waals surface area contributed by atoms with Gasteiger partial charge in [0, 0.05) is 11.8 Å². The molecule has 0 bridgehead atoms. The molecule has 0 nitrogen and oxygen atoms in total. The molecule has 0 aromatic heterocycles. The van der Waals surface area contributed by atoms with Crippen LogP contribution in [0.5, 0.6) is 0 Å². The highest BCUT2D eigenvalue weighted by molar-refractivity contribution is 5.18. The molecule has 0 heterocycles. The van der Waals surface area contributed by atoms with Gasteiger partial charge in [0.15, 0.2) is 0 Å². The van der Waals surface area contributed by atoms with Crippen molar-refractivity contribution in [3.63, 3.8) is 0 Å². The van der Waals surface area contributed by atoms with Gasteiger partial charge in [-0.3, -0.25) is 0 Å². The minimum Gasteiger partial charge on any atom is -0.103 e. The van der Waals surface area contributed by atoms with Gasteiger partial charge in [-0.15, -0.1) is 6.58 Å². The van der Waals surface area contributed by atoms with Crippen molar-refractivity contribution in [2.24, 2.45) is 29.6 Å². The lowest BCUT2D eigenvalue weighted by Crippen LogP contribution is -2.09. The third-order valence-corrected chi connectivity index (χ3v) is 5.14. The van der Waals surface area contributed by atoms with Crippen molar-refractivity contribution in [3.8, 4) is 11.8 Å². The van der Waals surface area contributed by atoms with Crippen LogP contribution in [0, 0.1) is 41.4 Å². The predicted octanol–water partition coefficient (Wildman–Crippen LogP) is 6.80. The molecule has 5 atom stereocenters. The summed E-state index contributed by atoms with van der Waals surface area (Å²) in [5.41, 5.74) is 1.48. The molecule has 23 heavy (non-hydrogen) atoms. The van der Waals surface area contributed by atoms with E-state index in [4.69, 9.17) is 0 Å². The van der Waals surface area contributed by atoms with Gasteiger partial charge in [0.2, 0.25) is 0 Å². The number of allylic oxidation sites excluding steroid dienone is 5. The van der Waals surface area contributed by atoms with Crippen LogP contribution in [0.3, 0.4) is 0 Å². The van der Waals surface area contributed by atoms with Crippen LogP contribution in [0.4, 0.5) is 0 Å². The first-order valence-electron chi connectivity index (χ1n) is 9.54. The van der Waals surface area contributed by atoms with E-state index in [0.29, 0.717) is 17.8 Å². The fraction of sp³-hybridized carbons (Fsp3) is 0.652. The van der Waals surface area contributed by atoms with Crippen LogP contribution in [-0.2, 0) is 0 Å². The molecule has 0 aromatic rings. The quantitative estimate of drug-likeness (QED) is 0.249. The lowest BCUT2D eigenvalue weighted by atomic mass is 9.88. The summed E-state index contributed by atoms with van der Waals surface area (Å²) in [6.07, 6.45) is 15.0. The normalized spacial score (nSPS) is 24.7. The smallest absolute Gasteiger partial charge is 0.0262 e. The molecular weight excluding hydrogens is 276 g/mol. The van der Waals surface area contributed by atoms with Crippen LogP contribution in [-0.4, -0.2) is 0 Å². The lowest BCUT2D eigenvalue weighted by Gasteiger charge is -2.16. The van der Waals surface area contributed by atoms with E-state index in [1.165, 1.54) is 24.8 Å². The molecular formula is C23H36. The van der Waals surface area contributed by atoms with E-state index in [2.05, 4.69) is 77.3 Å². The number of rotatable bonds is 9. The van der Waals surface area contributed by atoms with Gasteiger partial charge < -0.3 is 0 Å². The summed E-state index contributed by atoms with van der Waals surface area (Å²) in [5.74, 6) is 10.1. The van der Waals surface area contributed by atoms with E-state index in [1.807, 2.05) is 0 Å². The summed E-state index contributed by atoms with van der Waals surface area (Å²) in [4.78, 5) is 0. The first-order valence-corrected chi connectivity index (χ1v) is 9.54. The first-order chi connectivity index (χ1) is 11.1. The third-order valence-electron chi connectivity index (χ3n) is 5.14. The average Bonchev–Trinajstić information content (AvgIpc) is 3.31. The molecule has 1 rings (SSSR count). The fourth-order valence-corrected chi connectivity index (χ4v) is 3.34. The molecule has 0 aromatic carbocycles. The van der Waals surface area contributed by atoms with Crippen LogP contribution in [0.15, 0.2) is 36.5 Å². The molecule has 128 valence electrons. The summed E-state index contributed by atoms with van der Waals surface area (Å²) in [7, 11) is 0. The van der Waals surface area contributed by atoms with Crippen molar-refractivity contribution in [1.82, 2.24) is 0 Å². The molecule has 0 spiro atoms. The lowest BCUT2D eigenvalue weighted by molar-refractivity contribution is 0.463. The third kappa shape index (κ3) is 6.82. The van der Waals surface area contributed by atoms with Crippen LogP contribution >= 0.6 is 0 Å². The molecule has 0 amide bonds. The van der Waals surface area contributed by atoms with Gasteiger partial charge in [-0.1, -0.05) is 75.8 Å². The Kier molecular flexibility index (Phi) is 9.08. The predicted molar refractivity (Wildman–Crippen MR) is 104 cm³/mol. The summed E-state index contributed by atoms with van der Waals surface area (Å²) < 4.78 is 0. The molecule has 0 saturated heterocycles. The molecule has 1 aliphatic carbocycles. The van der Waals surface area contributed by atoms with Crippen molar-refractivity contribution in [3.05, 3.63) is 36.5 Å². The Morgan fingerprint density at radius 3 is 2.52 bits per heavy atom. The van der Waals surface area contributed by atoms with E-state index in [-0.39, 0.29) is 0 Å². The molecule has 0 heteroatoms. The van der Waals surface area contributed by atoms with Crippen LogP contribution in [0.2, 0.25) is 0 Å². The summed E-state index contributed by atoms with van der Waals surface area (Å²) in [6, 6.07) is 0. The van der Waals surface area contributed by atoms with Gasteiger partial charge in [-0.25, -0.2) is 0 Å². The highest BCUT2D eigenvalue weighted by Crippen LogP contribution is 2.45. The fourth-order valence-electron chi connectivity index (χ4n) is 3.34. The zero-order valence-electron chi connectivity index (χ0n) is 15.9. The van der Waals surface area contributed by atoms with E-state index < -0.39 is 0 Å². The minimum absolute atomic E-state index is 0.479. The van der Waals surface area contributed by atoms with Gasteiger partial charge in [-0.2, -0.15) is 0 Å². The van der Waals surface area contributed by atoms with Crippen molar-refractivity contribution < 1.29 is 0 Å². The maximum atomic E-state index is 3.97. The Morgan fingerprint density at radius 1 is 1.22 bits per heavy atom. The van der Waals surface area contributed by atoms with Gasteiger partial charge in [0.1, 0.15) is 0 Å². The van der Waals surface area contributed by atoms with Crippen LogP contribution < -0.4 is 0 Å². The Hall–Kier alpha value is -1.22. The summed E-state index contributed by atoms with van der Waals surface area (Å²) in [5, 5.41) is 0. The second-order valence-electron chi connectivity index (χ2n) is 7.11. The van der Waals surface area contributed by atoms with Gasteiger partial charge in [0.05, 0.1) is 0 Å². The van der Waals surface area contributed by atoms with Crippen LogP contribution in [0.25, 0.3) is 0 Å². The maximum absolute atomic E-state index is 3.97. The topological polar surface area (TPSA) is 0 Å². The first kappa shape index (κ1) is 19.8. The molecule has 1 saturated carbocycles. The van der Waals surface area contributed by atoms with Crippen molar-refractivity contribution in [1.29, 1.82) is 0 Å². The Morgan fingerprint density at radius 2 is 1.96 bits per heavy atom. The SMILES string of the molecule is C=CC(CC)C(C#CC(C)C1CC1C=CC=C(C)CCC)CC. The zero-order chi connectivity index (χ0) is 17.2. The minimum atomic E-state index is 0.479. The maximum Gasteiger partial charge on any atom is 0.0262 e. The van der Waals surface area contributed by atoms with E-state index in [9.17, 15) is 0 Å².